The van der Waals surface area contributed by atoms with Gasteiger partial charge in [-0.3, -0.25) is 4.79 Å². The summed E-state index contributed by atoms with van der Waals surface area (Å²) < 4.78 is 52.9. The molecule has 1 aliphatic rings. The third-order valence-electron chi connectivity index (χ3n) is 6.07. The molecule has 5 aromatic rings. The van der Waals surface area contributed by atoms with Gasteiger partial charge in [-0.1, -0.05) is 17.7 Å². The Morgan fingerprint density at radius 3 is 2.80 bits per heavy atom. The van der Waals surface area contributed by atoms with Gasteiger partial charge in [-0.15, -0.1) is 0 Å². The summed E-state index contributed by atoms with van der Waals surface area (Å²) in [5.41, 5.74) is 1.35. The van der Waals surface area contributed by atoms with Gasteiger partial charge in [0.1, 0.15) is 16.9 Å². The summed E-state index contributed by atoms with van der Waals surface area (Å²) in [6.45, 7) is -0.158. The molecule has 11 heteroatoms. The number of amides is 1. The second kappa shape index (κ2) is 7.88. The summed E-state index contributed by atoms with van der Waals surface area (Å²) >= 11 is 5.83. The molecular weight excluding hydrogens is 483 g/mol. The number of halogens is 4. The number of furan rings is 1. The topological polar surface area (TPSA) is 76.8 Å². The molecule has 0 unspecified atom stereocenters. The monoisotopic (exact) mass is 499 g/mol. The zero-order valence-electron chi connectivity index (χ0n) is 18.0. The molecule has 0 spiro atoms. The molecule has 7 nitrogen and oxygen atoms in total. The molecule has 1 fully saturated rings. The molecule has 0 aromatic carbocycles. The van der Waals surface area contributed by atoms with Crippen LogP contribution in [0.2, 0.25) is 5.02 Å². The first-order chi connectivity index (χ1) is 16.8. The Balaban J connectivity index is 1.21. The van der Waals surface area contributed by atoms with Crippen LogP contribution in [-0.2, 0) is 12.5 Å². The Morgan fingerprint density at radius 2 is 2.00 bits per heavy atom. The maximum absolute atomic E-state index is 15.2. The zero-order valence-corrected chi connectivity index (χ0v) is 18.8. The van der Waals surface area contributed by atoms with E-state index in [1.807, 2.05) is 12.3 Å². The molecule has 35 heavy (non-hydrogen) atoms. The fraction of sp³-hybridized carbons (Fsp3) is 0.208. The van der Waals surface area contributed by atoms with Gasteiger partial charge in [0.25, 0.3) is 5.91 Å². The molecule has 6 rings (SSSR count). The lowest BCUT2D eigenvalue weighted by Gasteiger charge is -2.10. The van der Waals surface area contributed by atoms with Crippen molar-refractivity contribution in [3.8, 4) is 0 Å². The van der Waals surface area contributed by atoms with Crippen molar-refractivity contribution in [3.05, 3.63) is 94.6 Å². The highest BCUT2D eigenvalue weighted by Crippen LogP contribution is 2.40. The van der Waals surface area contributed by atoms with Gasteiger partial charge in [-0.25, -0.2) is 14.4 Å². The maximum atomic E-state index is 15.2. The van der Waals surface area contributed by atoms with Crippen molar-refractivity contribution in [2.75, 3.05) is 0 Å². The van der Waals surface area contributed by atoms with Crippen LogP contribution in [0, 0.1) is 5.82 Å². The van der Waals surface area contributed by atoms with Crippen molar-refractivity contribution >= 4 is 28.7 Å². The predicted octanol–water partition coefficient (Wildman–Crippen LogP) is 5.32. The van der Waals surface area contributed by atoms with Crippen molar-refractivity contribution in [2.24, 2.45) is 0 Å². The first-order valence-electron chi connectivity index (χ1n) is 10.9. The number of fused-ring (bicyclic) bond motifs is 2. The number of pyridine rings is 2. The Labute approximate surface area is 201 Å². The highest BCUT2D eigenvalue weighted by molar-refractivity contribution is 6.31. The minimum Gasteiger partial charge on any atom is -0.449 e. The van der Waals surface area contributed by atoms with Gasteiger partial charge in [-0.05, 0) is 48.6 Å². The van der Waals surface area contributed by atoms with Gasteiger partial charge >= 0.3 is 5.92 Å². The first kappa shape index (κ1) is 21.7. The smallest absolute Gasteiger partial charge is 0.347 e. The Hall–Kier alpha value is -3.79. The number of nitrogens with zero attached hydrogens (tertiary/aromatic N) is 4. The highest BCUT2D eigenvalue weighted by atomic mass is 35.5. The lowest BCUT2D eigenvalue weighted by atomic mass is 10.2. The van der Waals surface area contributed by atoms with Gasteiger partial charge in [0, 0.05) is 18.6 Å². The van der Waals surface area contributed by atoms with Crippen LogP contribution in [0.3, 0.4) is 0 Å². The molecule has 0 saturated heterocycles. The molecule has 1 amide bonds. The van der Waals surface area contributed by atoms with Crippen LogP contribution >= 0.6 is 11.6 Å². The number of aromatic nitrogens is 4. The van der Waals surface area contributed by atoms with Gasteiger partial charge in [0.05, 0.1) is 23.6 Å². The summed E-state index contributed by atoms with van der Waals surface area (Å²) in [7, 11) is 0. The number of imidazole rings is 2. The number of hydrogen-bond acceptors (Lipinski definition) is 4. The van der Waals surface area contributed by atoms with Crippen LogP contribution in [0.5, 0.6) is 0 Å². The Kier molecular flexibility index (Phi) is 4.89. The lowest BCUT2D eigenvalue weighted by Crippen LogP contribution is -2.23. The van der Waals surface area contributed by atoms with E-state index in [0.717, 1.165) is 30.5 Å². The molecule has 178 valence electrons. The van der Waals surface area contributed by atoms with E-state index in [4.69, 9.17) is 16.0 Å². The summed E-state index contributed by atoms with van der Waals surface area (Å²) in [5, 5.41) is 2.42. The normalized spacial score (nSPS) is 14.2. The molecule has 0 bridgehead atoms. The van der Waals surface area contributed by atoms with E-state index in [9.17, 15) is 9.18 Å². The van der Waals surface area contributed by atoms with E-state index < -0.39 is 29.1 Å². The van der Waals surface area contributed by atoms with Crippen LogP contribution in [0.15, 0.2) is 59.7 Å². The number of carbonyl (C=O) groups is 1. The zero-order chi connectivity index (χ0) is 24.3. The third-order valence-corrected chi connectivity index (χ3v) is 6.36. The van der Waals surface area contributed by atoms with Gasteiger partial charge < -0.3 is 18.5 Å². The fourth-order valence-corrected chi connectivity index (χ4v) is 4.18. The van der Waals surface area contributed by atoms with Crippen molar-refractivity contribution < 1.29 is 22.4 Å². The SMILES string of the molecule is O=C(NCc1ncn2ccc(Cl)c(F)c12)c1ccc(C(F)(F)c2cn3cc(C4CC4)ccc3n2)o1. The van der Waals surface area contributed by atoms with Crippen molar-refractivity contribution in [1.29, 1.82) is 0 Å². The van der Waals surface area contributed by atoms with Crippen LogP contribution in [0.1, 0.15) is 52.0 Å². The highest BCUT2D eigenvalue weighted by Gasteiger charge is 2.41. The largest absolute Gasteiger partial charge is 0.449 e. The minimum absolute atomic E-state index is 0.0841. The van der Waals surface area contributed by atoms with E-state index in [2.05, 4.69) is 15.3 Å². The predicted molar refractivity (Wildman–Crippen MR) is 120 cm³/mol. The molecule has 1 aliphatic carbocycles. The summed E-state index contributed by atoms with van der Waals surface area (Å²) in [6.07, 6.45) is 8.19. The first-order valence-corrected chi connectivity index (χ1v) is 11.2. The van der Waals surface area contributed by atoms with Gasteiger partial charge in [0.15, 0.2) is 17.3 Å². The van der Waals surface area contributed by atoms with Crippen molar-refractivity contribution in [2.45, 2.75) is 31.2 Å². The third kappa shape index (κ3) is 3.74. The standard InChI is InChI=1S/C24H17ClF3N5O2/c25-15-7-8-32-12-30-16(22(32)21(15)26)9-29-23(34)17-4-5-19(35-17)24(27,28)18-11-33-10-14(13-1-2-13)3-6-20(33)31-18/h3-8,10-13H,1-2,9H2,(H,29,34). The summed E-state index contributed by atoms with van der Waals surface area (Å²) in [5.74, 6) is -5.53. The number of hydrogen-bond donors (Lipinski definition) is 1. The number of nitrogens with one attached hydrogen (secondary N) is 1. The number of rotatable bonds is 6. The molecule has 5 aromatic heterocycles. The van der Waals surface area contributed by atoms with Crippen molar-refractivity contribution in [3.63, 3.8) is 0 Å². The van der Waals surface area contributed by atoms with Gasteiger partial charge in [-0.2, -0.15) is 8.78 Å². The fourth-order valence-electron chi connectivity index (χ4n) is 4.04. The summed E-state index contributed by atoms with van der Waals surface area (Å²) in [6, 6.07) is 7.19. The Morgan fingerprint density at radius 1 is 1.17 bits per heavy atom. The van der Waals surface area contributed by atoms with Crippen LogP contribution in [0.4, 0.5) is 13.2 Å². The van der Waals surface area contributed by atoms with Crippen molar-refractivity contribution in [1.82, 2.24) is 24.1 Å². The molecular formula is C24H17ClF3N5O2. The average molecular weight is 500 g/mol. The molecule has 5 heterocycles. The van der Waals surface area contributed by atoms with Gasteiger partial charge in [0.2, 0.25) is 0 Å². The summed E-state index contributed by atoms with van der Waals surface area (Å²) in [4.78, 5) is 20.7. The van der Waals surface area contributed by atoms with E-state index in [1.165, 1.54) is 29.2 Å². The molecule has 0 aliphatic heterocycles. The Bertz CT molecular complexity index is 1600. The van der Waals surface area contributed by atoms with Crippen LogP contribution < -0.4 is 5.32 Å². The molecule has 1 saturated carbocycles. The lowest BCUT2D eigenvalue weighted by molar-refractivity contribution is 0.0140. The second-order valence-corrected chi connectivity index (χ2v) is 8.88. The quantitative estimate of drug-likeness (QED) is 0.343. The molecule has 0 radical (unpaired) electrons. The molecule has 1 N–H and O–H groups in total. The van der Waals surface area contributed by atoms with E-state index in [-0.39, 0.29) is 28.5 Å². The van der Waals surface area contributed by atoms with E-state index in [0.29, 0.717) is 11.6 Å². The second-order valence-electron chi connectivity index (χ2n) is 8.47. The number of carbonyl (C=O) groups excluding carboxylic acids is 1. The van der Waals surface area contributed by atoms with Crippen LogP contribution in [-0.4, -0.2) is 24.7 Å². The maximum Gasteiger partial charge on any atom is 0.347 e. The molecule has 0 atom stereocenters. The number of alkyl halides is 2. The van der Waals surface area contributed by atoms with Crippen LogP contribution in [0.25, 0.3) is 11.2 Å². The average Bonchev–Trinajstić information content (AvgIpc) is 3.24. The minimum atomic E-state index is -3.55. The van der Waals surface area contributed by atoms with E-state index in [1.54, 1.807) is 10.5 Å². The van der Waals surface area contributed by atoms with E-state index >= 15 is 8.78 Å².